The molecule has 1 aliphatic rings. The van der Waals surface area contributed by atoms with Crippen molar-refractivity contribution < 1.29 is 14.3 Å². The number of nitrogens with zero attached hydrogens (tertiary/aromatic N) is 1. The molecule has 1 fully saturated rings. The van der Waals surface area contributed by atoms with Crippen molar-refractivity contribution in [2.75, 3.05) is 26.2 Å². The molecule has 2 rings (SSSR count). The number of carbonyl (C=O) groups is 2. The Labute approximate surface area is 144 Å². The third-order valence-corrected chi connectivity index (χ3v) is 4.32. The number of hydrogen-bond acceptors (Lipinski definition) is 3. The van der Waals surface area contributed by atoms with Crippen LogP contribution in [-0.2, 0) is 9.59 Å². The van der Waals surface area contributed by atoms with E-state index >= 15 is 0 Å². The molecule has 0 radical (unpaired) electrons. The minimum absolute atomic E-state index is 0.0140. The standard InChI is InChI=1S/C19H28N2O3/c1-3-5-18(22)20-12-16-6-4-11-21(13-16)19(23)14-24-17-9-7-15(2)8-10-17/h7-10,16H,3-6,11-14H2,1-2H3,(H,20,22)/t16-/m1/s1. The Balaban J connectivity index is 1.75. The smallest absolute Gasteiger partial charge is 0.260 e. The molecule has 5 heteroatoms. The third-order valence-electron chi connectivity index (χ3n) is 4.32. The van der Waals surface area contributed by atoms with E-state index in [0.717, 1.165) is 31.4 Å². The van der Waals surface area contributed by atoms with Crippen molar-refractivity contribution in [3.8, 4) is 5.75 Å². The lowest BCUT2D eigenvalue weighted by Crippen LogP contribution is -2.45. The topological polar surface area (TPSA) is 58.6 Å². The molecule has 24 heavy (non-hydrogen) atoms. The average molecular weight is 332 g/mol. The van der Waals surface area contributed by atoms with Gasteiger partial charge in [-0.05, 0) is 44.2 Å². The van der Waals surface area contributed by atoms with Gasteiger partial charge in [0.25, 0.3) is 5.91 Å². The highest BCUT2D eigenvalue weighted by Gasteiger charge is 2.24. The van der Waals surface area contributed by atoms with Crippen molar-refractivity contribution in [2.45, 2.75) is 39.5 Å². The van der Waals surface area contributed by atoms with Crippen molar-refractivity contribution in [1.82, 2.24) is 10.2 Å². The quantitative estimate of drug-likeness (QED) is 0.835. The molecule has 1 atom stereocenters. The van der Waals surface area contributed by atoms with Crippen LogP contribution >= 0.6 is 0 Å². The Morgan fingerprint density at radius 1 is 1.29 bits per heavy atom. The Bertz CT molecular complexity index is 542. The summed E-state index contributed by atoms with van der Waals surface area (Å²) >= 11 is 0. The Hall–Kier alpha value is -2.04. The number of ether oxygens (including phenoxy) is 1. The summed E-state index contributed by atoms with van der Waals surface area (Å²) in [6, 6.07) is 7.70. The molecule has 1 heterocycles. The van der Waals surface area contributed by atoms with E-state index in [4.69, 9.17) is 4.74 Å². The van der Waals surface area contributed by atoms with Crippen LogP contribution in [0.2, 0.25) is 0 Å². The number of carbonyl (C=O) groups excluding carboxylic acids is 2. The van der Waals surface area contributed by atoms with Crippen molar-refractivity contribution in [1.29, 1.82) is 0 Å². The van der Waals surface area contributed by atoms with E-state index in [9.17, 15) is 9.59 Å². The predicted molar refractivity (Wildman–Crippen MR) is 93.9 cm³/mol. The van der Waals surface area contributed by atoms with Gasteiger partial charge in [-0.25, -0.2) is 0 Å². The maximum atomic E-state index is 12.3. The lowest BCUT2D eigenvalue weighted by molar-refractivity contribution is -0.135. The maximum absolute atomic E-state index is 12.3. The Kier molecular flexibility index (Phi) is 7.09. The second-order valence-corrected chi connectivity index (χ2v) is 6.50. The van der Waals surface area contributed by atoms with E-state index in [1.807, 2.05) is 43.0 Å². The van der Waals surface area contributed by atoms with Crippen molar-refractivity contribution in [3.05, 3.63) is 29.8 Å². The van der Waals surface area contributed by atoms with Crippen LogP contribution in [0.5, 0.6) is 5.75 Å². The summed E-state index contributed by atoms with van der Waals surface area (Å²) in [6.07, 6.45) is 3.46. The predicted octanol–water partition coefficient (Wildman–Crippen LogP) is 2.53. The molecule has 0 aliphatic carbocycles. The number of benzene rings is 1. The summed E-state index contributed by atoms with van der Waals surface area (Å²) in [6.45, 7) is 6.20. The van der Waals surface area contributed by atoms with Gasteiger partial charge in [-0.2, -0.15) is 0 Å². The van der Waals surface area contributed by atoms with Crippen LogP contribution < -0.4 is 10.1 Å². The average Bonchev–Trinajstić information content (AvgIpc) is 2.60. The van der Waals surface area contributed by atoms with Gasteiger partial charge in [-0.1, -0.05) is 24.6 Å². The highest BCUT2D eigenvalue weighted by molar-refractivity contribution is 5.78. The number of rotatable bonds is 7. The molecule has 1 N–H and O–H groups in total. The Morgan fingerprint density at radius 2 is 2.04 bits per heavy atom. The lowest BCUT2D eigenvalue weighted by atomic mass is 9.98. The molecule has 1 saturated heterocycles. The van der Waals surface area contributed by atoms with Crippen molar-refractivity contribution in [2.24, 2.45) is 5.92 Å². The van der Waals surface area contributed by atoms with Gasteiger partial charge in [0.1, 0.15) is 5.75 Å². The fraction of sp³-hybridized carbons (Fsp3) is 0.579. The minimum atomic E-state index is 0.0140. The molecule has 0 spiro atoms. The monoisotopic (exact) mass is 332 g/mol. The molecule has 5 nitrogen and oxygen atoms in total. The highest BCUT2D eigenvalue weighted by Crippen LogP contribution is 2.17. The first-order valence-electron chi connectivity index (χ1n) is 8.82. The summed E-state index contributed by atoms with van der Waals surface area (Å²) < 4.78 is 5.58. The number of hydrogen-bond donors (Lipinski definition) is 1. The first-order valence-corrected chi connectivity index (χ1v) is 8.82. The summed E-state index contributed by atoms with van der Waals surface area (Å²) in [4.78, 5) is 25.8. The molecule has 1 aromatic carbocycles. The zero-order valence-corrected chi connectivity index (χ0v) is 14.7. The molecular weight excluding hydrogens is 304 g/mol. The first-order chi connectivity index (χ1) is 11.6. The number of piperidine rings is 1. The van der Waals surface area contributed by atoms with Gasteiger partial charge in [-0.3, -0.25) is 9.59 Å². The van der Waals surface area contributed by atoms with Gasteiger partial charge >= 0.3 is 0 Å². The van der Waals surface area contributed by atoms with Gasteiger partial charge < -0.3 is 15.0 Å². The van der Waals surface area contributed by atoms with Crippen molar-refractivity contribution in [3.63, 3.8) is 0 Å². The molecule has 0 bridgehead atoms. The van der Waals surface area contributed by atoms with Crippen LogP contribution in [0.3, 0.4) is 0 Å². The summed E-state index contributed by atoms with van der Waals surface area (Å²) in [5.41, 5.74) is 1.16. The van der Waals surface area contributed by atoms with Gasteiger partial charge in [0.15, 0.2) is 6.61 Å². The zero-order chi connectivity index (χ0) is 17.4. The molecule has 1 aromatic rings. The zero-order valence-electron chi connectivity index (χ0n) is 14.7. The van der Waals surface area contributed by atoms with Crippen LogP contribution in [0.25, 0.3) is 0 Å². The normalized spacial score (nSPS) is 17.4. The summed E-state index contributed by atoms with van der Waals surface area (Å²) in [5, 5.41) is 2.97. The van der Waals surface area contributed by atoms with E-state index < -0.39 is 0 Å². The van der Waals surface area contributed by atoms with Gasteiger partial charge in [-0.15, -0.1) is 0 Å². The molecular formula is C19H28N2O3. The van der Waals surface area contributed by atoms with E-state index in [0.29, 0.717) is 31.2 Å². The minimum Gasteiger partial charge on any atom is -0.484 e. The molecule has 132 valence electrons. The molecule has 0 unspecified atom stereocenters. The highest BCUT2D eigenvalue weighted by atomic mass is 16.5. The maximum Gasteiger partial charge on any atom is 0.260 e. The fourth-order valence-electron chi connectivity index (χ4n) is 2.90. The van der Waals surface area contributed by atoms with Crippen LogP contribution in [0, 0.1) is 12.8 Å². The van der Waals surface area contributed by atoms with Crippen LogP contribution in [0.4, 0.5) is 0 Å². The second-order valence-electron chi connectivity index (χ2n) is 6.50. The van der Waals surface area contributed by atoms with Crippen LogP contribution in [0.1, 0.15) is 38.2 Å². The number of nitrogens with one attached hydrogen (secondary N) is 1. The molecule has 2 amide bonds. The SMILES string of the molecule is CCCC(=O)NC[C@H]1CCCN(C(=O)COc2ccc(C)cc2)C1. The van der Waals surface area contributed by atoms with E-state index in [-0.39, 0.29) is 18.4 Å². The number of amides is 2. The van der Waals surface area contributed by atoms with Gasteiger partial charge in [0, 0.05) is 26.1 Å². The van der Waals surface area contributed by atoms with Crippen molar-refractivity contribution >= 4 is 11.8 Å². The van der Waals surface area contributed by atoms with E-state index in [2.05, 4.69) is 5.32 Å². The molecule has 0 saturated carbocycles. The first kappa shape index (κ1) is 18.3. The largest absolute Gasteiger partial charge is 0.484 e. The fourth-order valence-corrected chi connectivity index (χ4v) is 2.90. The molecule has 1 aliphatic heterocycles. The summed E-state index contributed by atoms with van der Waals surface area (Å²) in [7, 11) is 0. The number of aryl methyl sites for hydroxylation is 1. The van der Waals surface area contributed by atoms with Crippen LogP contribution in [-0.4, -0.2) is 43.0 Å². The Morgan fingerprint density at radius 3 is 2.75 bits per heavy atom. The van der Waals surface area contributed by atoms with Gasteiger partial charge in [0.2, 0.25) is 5.91 Å². The van der Waals surface area contributed by atoms with E-state index in [1.54, 1.807) is 0 Å². The summed E-state index contributed by atoms with van der Waals surface area (Å²) in [5.74, 6) is 1.17. The third kappa shape index (κ3) is 5.87. The number of likely N-dealkylation sites (tertiary alicyclic amines) is 1. The van der Waals surface area contributed by atoms with E-state index in [1.165, 1.54) is 0 Å². The lowest BCUT2D eigenvalue weighted by Gasteiger charge is -2.32. The van der Waals surface area contributed by atoms with Gasteiger partial charge in [0.05, 0.1) is 0 Å². The van der Waals surface area contributed by atoms with Crippen LogP contribution in [0.15, 0.2) is 24.3 Å². The molecule has 0 aromatic heterocycles. The second kappa shape index (κ2) is 9.30.